The number of anilines is 1. The molecule has 0 heterocycles. The lowest BCUT2D eigenvalue weighted by molar-refractivity contribution is -0.0979. The normalized spacial score (nSPS) is 8.25. The zero-order valence-electron chi connectivity index (χ0n) is 10.7. The van der Waals surface area contributed by atoms with Crippen LogP contribution in [-0.4, -0.2) is 23.1 Å². The number of carbonyl (C=O) groups excluding carboxylic acids is 2. The van der Waals surface area contributed by atoms with Crippen molar-refractivity contribution < 1.29 is 19.9 Å². The van der Waals surface area contributed by atoms with Gasteiger partial charge >= 0.3 is 6.03 Å². The van der Waals surface area contributed by atoms with E-state index in [-0.39, 0.29) is 0 Å². The first kappa shape index (κ1) is 17.1. The van der Waals surface area contributed by atoms with E-state index in [9.17, 15) is 4.79 Å². The topological polar surface area (TPSA) is 104 Å². The lowest BCUT2D eigenvalue weighted by Crippen LogP contribution is -2.32. The molecule has 0 saturated heterocycles. The molecule has 20 heavy (non-hydrogen) atoms. The molecule has 6 nitrogen and oxygen atoms in total. The van der Waals surface area contributed by atoms with Gasteiger partial charge in [-0.3, -0.25) is 5.21 Å². The number of hydroxylamine groups is 1. The van der Waals surface area contributed by atoms with Gasteiger partial charge in [0.2, 0.25) is 0 Å². The van der Waals surface area contributed by atoms with Gasteiger partial charge < -0.3 is 15.6 Å². The summed E-state index contributed by atoms with van der Waals surface area (Å²) >= 11 is 0. The molecular formula is C14H16N2O4. The Morgan fingerprint density at radius 3 is 1.65 bits per heavy atom. The lowest BCUT2D eigenvalue weighted by Gasteiger charge is -2.10. The maximum atomic E-state index is 10.4. The minimum absolute atomic E-state index is 0.322. The number of urea groups is 1. The number of primary amides is 1. The number of phenols is 1. The SMILES string of the molecule is C=O.NC(=O)N(O)c1ccccc1.Oc1ccccc1. The molecule has 0 atom stereocenters. The van der Waals surface area contributed by atoms with Gasteiger partial charge in [0, 0.05) is 0 Å². The highest BCUT2D eigenvalue weighted by Gasteiger charge is 2.06. The van der Waals surface area contributed by atoms with Crippen LogP contribution in [0.1, 0.15) is 0 Å². The maximum Gasteiger partial charge on any atom is 0.343 e. The first-order valence-electron chi connectivity index (χ1n) is 5.47. The molecule has 0 unspecified atom stereocenters. The fourth-order valence-electron chi connectivity index (χ4n) is 1.12. The standard InChI is InChI=1S/C7H8N2O2.C6H6O.CH2O/c8-7(10)9(11)6-4-2-1-3-5-6;7-6-4-2-1-3-5-6;1-2/h1-5,11H,(H2,8,10);1-5,7H;1H2. The summed E-state index contributed by atoms with van der Waals surface area (Å²) in [5.74, 6) is 0.322. The molecule has 0 saturated carbocycles. The van der Waals surface area contributed by atoms with E-state index in [1.165, 1.54) is 0 Å². The first-order chi connectivity index (χ1) is 9.61. The van der Waals surface area contributed by atoms with E-state index in [1.54, 1.807) is 54.6 Å². The monoisotopic (exact) mass is 276 g/mol. The summed E-state index contributed by atoms with van der Waals surface area (Å²) < 4.78 is 0. The molecule has 0 radical (unpaired) electrons. The van der Waals surface area contributed by atoms with Crippen LogP contribution < -0.4 is 10.8 Å². The Bertz CT molecular complexity index is 491. The molecule has 0 bridgehead atoms. The summed E-state index contributed by atoms with van der Waals surface area (Å²) in [6.07, 6.45) is 0. The zero-order chi connectivity index (χ0) is 15.4. The number of carbonyl (C=O) groups is 2. The fourth-order valence-corrected chi connectivity index (χ4v) is 1.12. The van der Waals surface area contributed by atoms with Gasteiger partial charge in [-0.2, -0.15) is 5.06 Å². The van der Waals surface area contributed by atoms with Gasteiger partial charge in [0.25, 0.3) is 0 Å². The van der Waals surface area contributed by atoms with E-state index in [2.05, 4.69) is 0 Å². The van der Waals surface area contributed by atoms with E-state index >= 15 is 0 Å². The first-order valence-corrected chi connectivity index (χ1v) is 5.47. The fraction of sp³-hybridized carbons (Fsp3) is 0. The van der Waals surface area contributed by atoms with Crippen LogP contribution in [-0.2, 0) is 4.79 Å². The number of nitrogens with zero attached hydrogens (tertiary/aromatic N) is 1. The summed E-state index contributed by atoms with van der Waals surface area (Å²) in [6.45, 7) is 2.00. The van der Waals surface area contributed by atoms with Crippen LogP contribution in [0.3, 0.4) is 0 Å². The van der Waals surface area contributed by atoms with Gasteiger partial charge in [-0.25, -0.2) is 4.79 Å². The molecule has 2 aromatic rings. The van der Waals surface area contributed by atoms with Gasteiger partial charge in [0.1, 0.15) is 12.5 Å². The number of rotatable bonds is 1. The van der Waals surface area contributed by atoms with Crippen molar-refractivity contribution in [3.05, 3.63) is 60.7 Å². The number of phenolic OH excluding ortho intramolecular Hbond substituents is 1. The second-order valence-corrected chi connectivity index (χ2v) is 3.32. The second-order valence-electron chi connectivity index (χ2n) is 3.32. The van der Waals surface area contributed by atoms with Gasteiger partial charge in [0.05, 0.1) is 5.69 Å². The average Bonchev–Trinajstić information content (AvgIpc) is 2.51. The number of aromatic hydroxyl groups is 1. The van der Waals surface area contributed by atoms with Crippen molar-refractivity contribution in [1.29, 1.82) is 0 Å². The van der Waals surface area contributed by atoms with Crippen molar-refractivity contribution in [2.24, 2.45) is 5.73 Å². The summed E-state index contributed by atoms with van der Waals surface area (Å²) in [5, 5.41) is 18.0. The molecule has 2 aromatic carbocycles. The van der Waals surface area contributed by atoms with Gasteiger partial charge in [0.15, 0.2) is 0 Å². The molecule has 106 valence electrons. The Hall–Kier alpha value is -2.86. The Labute approximate surface area is 116 Å². The van der Waals surface area contributed by atoms with Crippen molar-refractivity contribution >= 4 is 18.5 Å². The third-order valence-electron chi connectivity index (χ3n) is 1.97. The smallest absolute Gasteiger partial charge is 0.343 e. The molecule has 6 heteroatoms. The van der Waals surface area contributed by atoms with Crippen molar-refractivity contribution in [2.75, 3.05) is 5.06 Å². The van der Waals surface area contributed by atoms with Crippen molar-refractivity contribution in [3.63, 3.8) is 0 Å². The lowest BCUT2D eigenvalue weighted by atomic mass is 10.3. The highest BCUT2D eigenvalue weighted by molar-refractivity contribution is 5.87. The number of hydrogen-bond acceptors (Lipinski definition) is 4. The summed E-state index contributed by atoms with van der Waals surface area (Å²) in [4.78, 5) is 18.4. The highest BCUT2D eigenvalue weighted by Crippen LogP contribution is 2.09. The average molecular weight is 276 g/mol. The van der Waals surface area contributed by atoms with E-state index in [0.29, 0.717) is 16.5 Å². The molecule has 2 amide bonds. The van der Waals surface area contributed by atoms with Crippen LogP contribution in [0.25, 0.3) is 0 Å². The van der Waals surface area contributed by atoms with Crippen LogP contribution in [0.15, 0.2) is 60.7 Å². The molecule has 0 aliphatic carbocycles. The minimum Gasteiger partial charge on any atom is -0.508 e. The Morgan fingerprint density at radius 2 is 1.35 bits per heavy atom. The van der Waals surface area contributed by atoms with Crippen LogP contribution in [0.5, 0.6) is 5.75 Å². The predicted octanol–water partition coefficient (Wildman–Crippen LogP) is 2.17. The van der Waals surface area contributed by atoms with Gasteiger partial charge in [-0.05, 0) is 24.3 Å². The summed E-state index contributed by atoms with van der Waals surface area (Å²) in [5.41, 5.74) is 5.17. The zero-order valence-corrected chi connectivity index (χ0v) is 10.7. The number of benzene rings is 2. The minimum atomic E-state index is -0.892. The Balaban J connectivity index is 0.000000345. The molecule has 0 aromatic heterocycles. The quantitative estimate of drug-likeness (QED) is 0.548. The van der Waals surface area contributed by atoms with Crippen LogP contribution in [0, 0.1) is 0 Å². The molecule has 0 spiro atoms. The van der Waals surface area contributed by atoms with Crippen LogP contribution in [0.4, 0.5) is 10.5 Å². The molecule has 0 aliphatic heterocycles. The number of hydrogen-bond donors (Lipinski definition) is 3. The number of nitrogens with two attached hydrogens (primary N) is 1. The number of para-hydroxylation sites is 2. The molecular weight excluding hydrogens is 260 g/mol. The third-order valence-corrected chi connectivity index (χ3v) is 1.97. The molecule has 0 aliphatic rings. The van der Waals surface area contributed by atoms with E-state index in [4.69, 9.17) is 20.8 Å². The van der Waals surface area contributed by atoms with E-state index in [0.717, 1.165) is 0 Å². The third kappa shape index (κ3) is 6.77. The van der Waals surface area contributed by atoms with E-state index < -0.39 is 6.03 Å². The Kier molecular flexibility index (Phi) is 8.65. The highest BCUT2D eigenvalue weighted by atomic mass is 16.5. The second kappa shape index (κ2) is 10.1. The van der Waals surface area contributed by atoms with Crippen molar-refractivity contribution in [1.82, 2.24) is 0 Å². The number of amides is 2. The summed E-state index contributed by atoms with van der Waals surface area (Å²) in [7, 11) is 0. The van der Waals surface area contributed by atoms with Crippen molar-refractivity contribution in [2.45, 2.75) is 0 Å². The molecule has 2 rings (SSSR count). The Morgan fingerprint density at radius 1 is 0.950 bits per heavy atom. The predicted molar refractivity (Wildman–Crippen MR) is 75.5 cm³/mol. The van der Waals surface area contributed by atoms with Gasteiger partial charge in [-0.1, -0.05) is 36.4 Å². The summed E-state index contributed by atoms with van der Waals surface area (Å²) in [6, 6.07) is 16.1. The molecule has 4 N–H and O–H groups in total. The van der Waals surface area contributed by atoms with Crippen LogP contribution >= 0.6 is 0 Å². The van der Waals surface area contributed by atoms with Crippen LogP contribution in [0.2, 0.25) is 0 Å². The van der Waals surface area contributed by atoms with E-state index in [1.807, 2.05) is 12.9 Å². The van der Waals surface area contributed by atoms with Crippen molar-refractivity contribution in [3.8, 4) is 5.75 Å². The van der Waals surface area contributed by atoms with Gasteiger partial charge in [-0.15, -0.1) is 0 Å². The maximum absolute atomic E-state index is 10.4. The molecule has 0 fully saturated rings. The largest absolute Gasteiger partial charge is 0.508 e.